The minimum absolute atomic E-state index is 0.0588. The molecule has 0 N–H and O–H groups in total. The second-order valence-corrected chi connectivity index (χ2v) is 4.33. The van der Waals surface area contributed by atoms with Crippen molar-refractivity contribution in [2.45, 2.75) is 19.9 Å². The van der Waals surface area contributed by atoms with Crippen LogP contribution < -0.4 is 10.3 Å². The summed E-state index contributed by atoms with van der Waals surface area (Å²) in [6.45, 7) is 2.63. The number of aryl methyl sites for hydroxylation is 3. The molecule has 0 aliphatic heterocycles. The number of hydrogen-bond donors (Lipinski definition) is 0. The Bertz CT molecular complexity index is 570. The Morgan fingerprint density at radius 2 is 1.89 bits per heavy atom. The first kappa shape index (κ1) is 12.4. The molecule has 0 amide bonds. The molecule has 1 heterocycles. The monoisotopic (exact) mass is 243 g/mol. The average molecular weight is 243 g/mol. The normalized spacial score (nSPS) is 10.3. The van der Waals surface area contributed by atoms with Crippen LogP contribution >= 0.6 is 0 Å². The van der Waals surface area contributed by atoms with Crippen molar-refractivity contribution in [3.8, 4) is 5.75 Å². The topological polar surface area (TPSA) is 31.2 Å². The summed E-state index contributed by atoms with van der Waals surface area (Å²) in [4.78, 5) is 11.7. The maximum Gasteiger partial charge on any atom is 0.250 e. The number of aromatic nitrogens is 1. The molecule has 0 saturated carbocycles. The van der Waals surface area contributed by atoms with Gasteiger partial charge >= 0.3 is 0 Å². The van der Waals surface area contributed by atoms with Crippen LogP contribution in [0.3, 0.4) is 0 Å². The fourth-order valence-corrected chi connectivity index (χ4v) is 1.83. The van der Waals surface area contributed by atoms with E-state index in [1.807, 2.05) is 43.5 Å². The molecule has 0 atom stereocenters. The SMILES string of the molecule is COc1ccc(CCn2ccc(C)cc2=O)cc1. The van der Waals surface area contributed by atoms with Gasteiger partial charge in [-0.25, -0.2) is 0 Å². The predicted octanol–water partition coefficient (Wildman–Crippen LogP) is 2.41. The lowest BCUT2D eigenvalue weighted by Crippen LogP contribution is -2.19. The number of pyridine rings is 1. The van der Waals surface area contributed by atoms with Crippen molar-refractivity contribution in [3.05, 3.63) is 64.1 Å². The van der Waals surface area contributed by atoms with Crippen molar-refractivity contribution in [3.63, 3.8) is 0 Å². The summed E-state index contributed by atoms with van der Waals surface area (Å²) in [6, 6.07) is 11.5. The van der Waals surface area contributed by atoms with Crippen molar-refractivity contribution >= 4 is 0 Å². The molecule has 1 aromatic heterocycles. The summed E-state index contributed by atoms with van der Waals surface area (Å²) in [7, 11) is 1.65. The molecule has 0 saturated heterocycles. The molecule has 0 aliphatic rings. The van der Waals surface area contributed by atoms with Gasteiger partial charge in [0, 0.05) is 18.8 Å². The summed E-state index contributed by atoms with van der Waals surface area (Å²) < 4.78 is 6.84. The molecule has 18 heavy (non-hydrogen) atoms. The highest BCUT2D eigenvalue weighted by Gasteiger charge is 1.98. The van der Waals surface area contributed by atoms with Crippen LogP contribution in [0.2, 0.25) is 0 Å². The van der Waals surface area contributed by atoms with Crippen molar-refractivity contribution < 1.29 is 4.74 Å². The standard InChI is InChI=1S/C15H17NO2/c1-12-7-9-16(15(17)11-12)10-8-13-3-5-14(18-2)6-4-13/h3-7,9,11H,8,10H2,1-2H3. The van der Waals surface area contributed by atoms with Gasteiger partial charge in [0.1, 0.15) is 5.75 Å². The summed E-state index contributed by atoms with van der Waals surface area (Å²) in [5.41, 5.74) is 2.26. The van der Waals surface area contributed by atoms with E-state index < -0.39 is 0 Å². The number of ether oxygens (including phenoxy) is 1. The molecular weight excluding hydrogens is 226 g/mol. The molecule has 1 aromatic carbocycles. The Morgan fingerprint density at radius 1 is 1.17 bits per heavy atom. The van der Waals surface area contributed by atoms with E-state index in [4.69, 9.17) is 4.74 Å². The van der Waals surface area contributed by atoms with Crippen LogP contribution in [-0.4, -0.2) is 11.7 Å². The highest BCUT2D eigenvalue weighted by atomic mass is 16.5. The van der Waals surface area contributed by atoms with E-state index in [9.17, 15) is 4.79 Å². The van der Waals surface area contributed by atoms with Gasteiger partial charge in [0.2, 0.25) is 0 Å². The Labute approximate surface area is 107 Å². The van der Waals surface area contributed by atoms with Crippen molar-refractivity contribution in [2.24, 2.45) is 0 Å². The van der Waals surface area contributed by atoms with Gasteiger partial charge in [-0.1, -0.05) is 12.1 Å². The van der Waals surface area contributed by atoms with Gasteiger partial charge in [-0.3, -0.25) is 4.79 Å². The maximum atomic E-state index is 11.7. The van der Waals surface area contributed by atoms with Crippen LogP contribution in [0.1, 0.15) is 11.1 Å². The van der Waals surface area contributed by atoms with E-state index in [0.29, 0.717) is 6.54 Å². The van der Waals surface area contributed by atoms with E-state index in [1.54, 1.807) is 17.7 Å². The number of nitrogens with zero attached hydrogens (tertiary/aromatic N) is 1. The van der Waals surface area contributed by atoms with Gasteiger partial charge in [0.15, 0.2) is 0 Å². The summed E-state index contributed by atoms with van der Waals surface area (Å²) in [5, 5.41) is 0. The Morgan fingerprint density at radius 3 is 2.50 bits per heavy atom. The number of methoxy groups -OCH3 is 1. The molecule has 0 spiro atoms. The van der Waals surface area contributed by atoms with Crippen LogP contribution in [-0.2, 0) is 13.0 Å². The van der Waals surface area contributed by atoms with Crippen LogP contribution in [0, 0.1) is 6.92 Å². The molecule has 0 unspecified atom stereocenters. The van der Waals surface area contributed by atoms with E-state index >= 15 is 0 Å². The van der Waals surface area contributed by atoms with Crippen molar-refractivity contribution in [1.29, 1.82) is 0 Å². The molecule has 0 aliphatic carbocycles. The van der Waals surface area contributed by atoms with Crippen LogP contribution in [0.25, 0.3) is 0 Å². The molecule has 2 aromatic rings. The lowest BCUT2D eigenvalue weighted by atomic mass is 10.1. The number of rotatable bonds is 4. The zero-order valence-electron chi connectivity index (χ0n) is 10.7. The van der Waals surface area contributed by atoms with E-state index in [1.165, 1.54) is 5.56 Å². The third-order valence-electron chi connectivity index (χ3n) is 2.95. The Hall–Kier alpha value is -2.03. The predicted molar refractivity (Wildman–Crippen MR) is 72.1 cm³/mol. The van der Waals surface area contributed by atoms with Gasteiger partial charge in [-0.2, -0.15) is 0 Å². The molecule has 3 heteroatoms. The second-order valence-electron chi connectivity index (χ2n) is 4.33. The van der Waals surface area contributed by atoms with E-state index in [-0.39, 0.29) is 5.56 Å². The smallest absolute Gasteiger partial charge is 0.250 e. The van der Waals surface area contributed by atoms with Gasteiger partial charge in [-0.15, -0.1) is 0 Å². The maximum absolute atomic E-state index is 11.7. The van der Waals surface area contributed by atoms with Crippen LogP contribution in [0.15, 0.2) is 47.4 Å². The van der Waals surface area contributed by atoms with Crippen molar-refractivity contribution in [2.75, 3.05) is 7.11 Å². The van der Waals surface area contributed by atoms with Gasteiger partial charge in [0.25, 0.3) is 5.56 Å². The first-order chi connectivity index (χ1) is 8.69. The third kappa shape index (κ3) is 3.00. The molecule has 0 radical (unpaired) electrons. The minimum atomic E-state index is 0.0588. The fourth-order valence-electron chi connectivity index (χ4n) is 1.83. The quantitative estimate of drug-likeness (QED) is 0.825. The summed E-state index contributed by atoms with van der Waals surface area (Å²) in [5.74, 6) is 0.853. The zero-order chi connectivity index (χ0) is 13.0. The summed E-state index contributed by atoms with van der Waals surface area (Å²) >= 11 is 0. The Balaban J connectivity index is 2.04. The van der Waals surface area contributed by atoms with Gasteiger partial charge in [0.05, 0.1) is 7.11 Å². The molecule has 0 fully saturated rings. The first-order valence-electron chi connectivity index (χ1n) is 5.99. The van der Waals surface area contributed by atoms with Gasteiger partial charge < -0.3 is 9.30 Å². The molecular formula is C15H17NO2. The summed E-state index contributed by atoms with van der Waals surface area (Å²) in [6.07, 6.45) is 2.69. The lowest BCUT2D eigenvalue weighted by molar-refractivity contribution is 0.414. The van der Waals surface area contributed by atoms with Crippen LogP contribution in [0.4, 0.5) is 0 Å². The minimum Gasteiger partial charge on any atom is -0.497 e. The van der Waals surface area contributed by atoms with Crippen molar-refractivity contribution in [1.82, 2.24) is 4.57 Å². The highest BCUT2D eigenvalue weighted by molar-refractivity contribution is 5.27. The highest BCUT2D eigenvalue weighted by Crippen LogP contribution is 2.11. The molecule has 94 valence electrons. The molecule has 2 rings (SSSR count). The number of benzene rings is 1. The molecule has 0 bridgehead atoms. The van der Waals surface area contributed by atoms with E-state index in [2.05, 4.69) is 0 Å². The zero-order valence-corrected chi connectivity index (χ0v) is 10.7. The molecule has 3 nitrogen and oxygen atoms in total. The first-order valence-corrected chi connectivity index (χ1v) is 5.99. The van der Waals surface area contributed by atoms with E-state index in [0.717, 1.165) is 17.7 Å². The fraction of sp³-hybridized carbons (Fsp3) is 0.267. The third-order valence-corrected chi connectivity index (χ3v) is 2.95. The Kier molecular flexibility index (Phi) is 3.82. The number of hydrogen-bond acceptors (Lipinski definition) is 2. The average Bonchev–Trinajstić information content (AvgIpc) is 2.38. The second kappa shape index (κ2) is 5.54. The van der Waals surface area contributed by atoms with Gasteiger partial charge in [-0.05, 0) is 42.7 Å². The van der Waals surface area contributed by atoms with Crippen LogP contribution in [0.5, 0.6) is 5.75 Å². The lowest BCUT2D eigenvalue weighted by Gasteiger charge is -2.06. The largest absolute Gasteiger partial charge is 0.497 e.